The fourth-order valence-corrected chi connectivity index (χ4v) is 2.96. The zero-order valence-corrected chi connectivity index (χ0v) is 12.7. The molecule has 1 saturated heterocycles. The molecule has 1 rings (SSSR count). The normalized spacial score (nSPS) is 25.0. The van der Waals surface area contributed by atoms with Crippen molar-refractivity contribution in [3.05, 3.63) is 0 Å². The third-order valence-corrected chi connectivity index (χ3v) is 4.32. The Kier molecular flexibility index (Phi) is 7.87. The lowest BCUT2D eigenvalue weighted by Crippen LogP contribution is -2.56. The number of rotatable bonds is 8. The van der Waals surface area contributed by atoms with Gasteiger partial charge in [-0.3, -0.25) is 4.90 Å². The highest BCUT2D eigenvalue weighted by Gasteiger charge is 2.30. The zero-order valence-electron chi connectivity index (χ0n) is 12.7. The van der Waals surface area contributed by atoms with E-state index in [1.54, 1.807) is 0 Å². The summed E-state index contributed by atoms with van der Waals surface area (Å²) in [6, 6.07) is 1.17. The van der Waals surface area contributed by atoms with Crippen LogP contribution in [0.2, 0.25) is 0 Å². The highest BCUT2D eigenvalue weighted by molar-refractivity contribution is 4.87. The smallest absolute Gasteiger partial charge is 0.0637 e. The molecular weight excluding hydrogens is 224 g/mol. The first kappa shape index (κ1) is 15.9. The van der Waals surface area contributed by atoms with Crippen molar-refractivity contribution in [1.82, 2.24) is 10.2 Å². The van der Waals surface area contributed by atoms with E-state index in [2.05, 4.69) is 37.9 Å². The van der Waals surface area contributed by atoms with Crippen LogP contribution in [0.25, 0.3) is 0 Å². The van der Waals surface area contributed by atoms with E-state index in [4.69, 9.17) is 4.74 Å². The van der Waals surface area contributed by atoms with Crippen LogP contribution in [0.15, 0.2) is 0 Å². The number of hydrogen-bond acceptors (Lipinski definition) is 3. The fraction of sp³-hybridized carbons (Fsp3) is 1.00. The first-order chi connectivity index (χ1) is 8.76. The van der Waals surface area contributed by atoms with Gasteiger partial charge in [0.2, 0.25) is 0 Å². The molecular formula is C15H32N2O. The fourth-order valence-electron chi connectivity index (χ4n) is 2.96. The van der Waals surface area contributed by atoms with E-state index in [-0.39, 0.29) is 0 Å². The molecule has 108 valence electrons. The highest BCUT2D eigenvalue weighted by Crippen LogP contribution is 2.18. The standard InChI is InChI=1S/C15H32N2O/c1-5-13(6-2)11-17(8-4)15-12-18-10-9-14(15)16-7-3/h13-16H,5-12H2,1-4H3. The molecule has 0 saturated carbocycles. The maximum atomic E-state index is 5.71. The molecule has 1 fully saturated rings. The van der Waals surface area contributed by atoms with Crippen LogP contribution in [-0.2, 0) is 4.74 Å². The molecule has 1 N–H and O–H groups in total. The number of hydrogen-bond donors (Lipinski definition) is 1. The van der Waals surface area contributed by atoms with E-state index >= 15 is 0 Å². The van der Waals surface area contributed by atoms with E-state index < -0.39 is 0 Å². The number of nitrogens with one attached hydrogen (secondary N) is 1. The summed E-state index contributed by atoms with van der Waals surface area (Å²) in [6.07, 6.45) is 3.72. The van der Waals surface area contributed by atoms with Crippen LogP contribution >= 0.6 is 0 Å². The van der Waals surface area contributed by atoms with Gasteiger partial charge in [-0.2, -0.15) is 0 Å². The quantitative estimate of drug-likeness (QED) is 0.722. The summed E-state index contributed by atoms with van der Waals surface area (Å²) in [5, 5.41) is 3.64. The maximum absolute atomic E-state index is 5.71. The lowest BCUT2D eigenvalue weighted by atomic mass is 9.97. The molecule has 0 radical (unpaired) electrons. The van der Waals surface area contributed by atoms with Crippen LogP contribution in [0, 0.1) is 5.92 Å². The summed E-state index contributed by atoms with van der Waals surface area (Å²) in [4.78, 5) is 2.63. The Morgan fingerprint density at radius 1 is 1.22 bits per heavy atom. The first-order valence-electron chi connectivity index (χ1n) is 7.81. The minimum absolute atomic E-state index is 0.560. The average Bonchev–Trinajstić information content (AvgIpc) is 2.42. The van der Waals surface area contributed by atoms with E-state index in [0.717, 1.165) is 38.6 Å². The second kappa shape index (κ2) is 8.89. The summed E-state index contributed by atoms with van der Waals surface area (Å²) in [5.41, 5.74) is 0. The van der Waals surface area contributed by atoms with Crippen molar-refractivity contribution in [2.45, 2.75) is 59.0 Å². The Morgan fingerprint density at radius 3 is 2.50 bits per heavy atom. The summed E-state index contributed by atoms with van der Waals surface area (Å²) in [7, 11) is 0. The van der Waals surface area contributed by atoms with Crippen LogP contribution in [0.4, 0.5) is 0 Å². The van der Waals surface area contributed by atoms with Gasteiger partial charge in [0.25, 0.3) is 0 Å². The maximum Gasteiger partial charge on any atom is 0.0637 e. The molecule has 0 aromatic carbocycles. The van der Waals surface area contributed by atoms with Gasteiger partial charge in [0.15, 0.2) is 0 Å². The molecule has 0 amide bonds. The van der Waals surface area contributed by atoms with E-state index in [1.807, 2.05) is 0 Å². The van der Waals surface area contributed by atoms with Gasteiger partial charge in [-0.1, -0.05) is 40.5 Å². The molecule has 3 nitrogen and oxygen atoms in total. The number of ether oxygens (including phenoxy) is 1. The third-order valence-electron chi connectivity index (χ3n) is 4.32. The Balaban J connectivity index is 2.59. The van der Waals surface area contributed by atoms with Gasteiger partial charge in [-0.15, -0.1) is 0 Å². The van der Waals surface area contributed by atoms with Gasteiger partial charge in [-0.05, 0) is 25.4 Å². The van der Waals surface area contributed by atoms with E-state index in [1.165, 1.54) is 19.4 Å². The molecule has 2 unspecified atom stereocenters. The van der Waals surface area contributed by atoms with Gasteiger partial charge in [0, 0.05) is 25.2 Å². The Hall–Kier alpha value is -0.120. The van der Waals surface area contributed by atoms with Gasteiger partial charge >= 0.3 is 0 Å². The van der Waals surface area contributed by atoms with Crippen LogP contribution in [-0.4, -0.2) is 49.8 Å². The van der Waals surface area contributed by atoms with E-state index in [0.29, 0.717) is 12.1 Å². The molecule has 0 aromatic heterocycles. The lowest BCUT2D eigenvalue weighted by Gasteiger charge is -2.41. The highest BCUT2D eigenvalue weighted by atomic mass is 16.5. The van der Waals surface area contributed by atoms with Gasteiger partial charge in [0.1, 0.15) is 0 Å². The predicted octanol–water partition coefficient (Wildman–Crippen LogP) is 2.51. The molecule has 1 aliphatic heterocycles. The number of nitrogens with zero attached hydrogens (tertiary/aromatic N) is 1. The van der Waals surface area contributed by atoms with Gasteiger partial charge in [-0.25, -0.2) is 0 Å². The predicted molar refractivity (Wildman–Crippen MR) is 78.0 cm³/mol. The van der Waals surface area contributed by atoms with Crippen LogP contribution < -0.4 is 5.32 Å². The second-order valence-corrected chi connectivity index (χ2v) is 5.37. The van der Waals surface area contributed by atoms with E-state index in [9.17, 15) is 0 Å². The minimum atomic E-state index is 0.560. The van der Waals surface area contributed by atoms with Gasteiger partial charge in [0.05, 0.1) is 6.61 Å². The van der Waals surface area contributed by atoms with Crippen LogP contribution in [0.1, 0.15) is 47.0 Å². The first-order valence-corrected chi connectivity index (χ1v) is 7.81. The zero-order chi connectivity index (χ0) is 13.4. The molecule has 0 bridgehead atoms. The van der Waals surface area contributed by atoms with Crippen LogP contribution in [0.3, 0.4) is 0 Å². The number of likely N-dealkylation sites (N-methyl/N-ethyl adjacent to an activating group) is 2. The second-order valence-electron chi connectivity index (χ2n) is 5.37. The average molecular weight is 256 g/mol. The summed E-state index contributed by atoms with van der Waals surface area (Å²) in [5.74, 6) is 0.828. The summed E-state index contributed by atoms with van der Waals surface area (Å²) >= 11 is 0. The largest absolute Gasteiger partial charge is 0.380 e. The molecule has 0 aliphatic carbocycles. The summed E-state index contributed by atoms with van der Waals surface area (Å²) in [6.45, 7) is 14.3. The molecule has 0 spiro atoms. The van der Waals surface area contributed by atoms with Crippen LogP contribution in [0.5, 0.6) is 0 Å². The van der Waals surface area contributed by atoms with Crippen molar-refractivity contribution in [2.75, 3.05) is 32.8 Å². The Labute approximate surface area is 113 Å². The monoisotopic (exact) mass is 256 g/mol. The van der Waals surface area contributed by atoms with Crippen molar-refractivity contribution in [1.29, 1.82) is 0 Å². The molecule has 18 heavy (non-hydrogen) atoms. The van der Waals surface area contributed by atoms with Crippen molar-refractivity contribution in [3.8, 4) is 0 Å². The molecule has 1 heterocycles. The summed E-state index contributed by atoms with van der Waals surface area (Å²) < 4.78 is 5.71. The molecule has 1 aliphatic rings. The van der Waals surface area contributed by atoms with Gasteiger partial charge < -0.3 is 10.1 Å². The van der Waals surface area contributed by atoms with Crippen molar-refractivity contribution >= 4 is 0 Å². The van der Waals surface area contributed by atoms with Crippen molar-refractivity contribution < 1.29 is 4.74 Å². The van der Waals surface area contributed by atoms with Crippen molar-refractivity contribution in [3.63, 3.8) is 0 Å². The topological polar surface area (TPSA) is 24.5 Å². The SMILES string of the molecule is CCNC1CCOCC1N(CC)CC(CC)CC. The lowest BCUT2D eigenvalue weighted by molar-refractivity contribution is -0.00663. The molecule has 2 atom stereocenters. The third kappa shape index (κ3) is 4.52. The van der Waals surface area contributed by atoms with Crippen molar-refractivity contribution in [2.24, 2.45) is 5.92 Å². The Morgan fingerprint density at radius 2 is 1.94 bits per heavy atom. The minimum Gasteiger partial charge on any atom is -0.380 e. The molecule has 3 heteroatoms. The molecule has 0 aromatic rings. The Bertz CT molecular complexity index is 205.